The van der Waals surface area contributed by atoms with E-state index in [0.29, 0.717) is 6.73 Å². The summed E-state index contributed by atoms with van der Waals surface area (Å²) in [5.41, 5.74) is 4.01. The van der Waals surface area contributed by atoms with Crippen LogP contribution in [0.15, 0.2) is 78.9 Å². The van der Waals surface area contributed by atoms with Gasteiger partial charge in [0.25, 0.3) is 0 Å². The van der Waals surface area contributed by atoms with Gasteiger partial charge in [-0.2, -0.15) is 0 Å². The van der Waals surface area contributed by atoms with Gasteiger partial charge in [0.1, 0.15) is 25.1 Å². The number of fused-ring (bicyclic) bond motifs is 1. The fraction of sp³-hybridized carbons (Fsp3) is 0.259. The average Bonchev–Trinajstić information content (AvgIpc) is 2.87. The van der Waals surface area contributed by atoms with E-state index in [1.807, 2.05) is 66.7 Å². The summed E-state index contributed by atoms with van der Waals surface area (Å²) in [6, 6.07) is 24.5. The number of alkyl carbamates (subject to hydrolysis) is 1. The molecule has 3 aromatic carbocycles. The molecule has 176 valence electrons. The molecule has 1 unspecified atom stereocenters. The number of hydrogen-bond acceptors (Lipinski definition) is 6. The lowest BCUT2D eigenvalue weighted by Crippen LogP contribution is -2.43. The molecule has 7 nitrogen and oxygen atoms in total. The van der Waals surface area contributed by atoms with Crippen LogP contribution in [-0.4, -0.2) is 36.8 Å². The zero-order chi connectivity index (χ0) is 23.8. The van der Waals surface area contributed by atoms with E-state index < -0.39 is 18.1 Å². The number of ether oxygens (including phenoxy) is 3. The van der Waals surface area contributed by atoms with Crippen molar-refractivity contribution in [2.45, 2.75) is 32.2 Å². The van der Waals surface area contributed by atoms with Crippen molar-refractivity contribution in [3.63, 3.8) is 0 Å². The van der Waals surface area contributed by atoms with Crippen LogP contribution in [-0.2, 0) is 40.4 Å². The van der Waals surface area contributed by atoms with Gasteiger partial charge in [0.2, 0.25) is 0 Å². The van der Waals surface area contributed by atoms with Crippen LogP contribution < -0.4 is 10.1 Å². The van der Waals surface area contributed by atoms with Crippen LogP contribution in [0, 0.1) is 0 Å². The van der Waals surface area contributed by atoms with Crippen molar-refractivity contribution in [2.24, 2.45) is 0 Å². The molecule has 4 rings (SSSR count). The first-order chi connectivity index (χ1) is 16.6. The molecule has 0 saturated carbocycles. The lowest BCUT2D eigenvalue weighted by molar-refractivity contribution is -0.143. The molecule has 0 bridgehead atoms. The Labute approximate surface area is 199 Å². The van der Waals surface area contributed by atoms with Crippen LogP contribution in [0.4, 0.5) is 4.79 Å². The zero-order valence-corrected chi connectivity index (χ0v) is 19.1. The van der Waals surface area contributed by atoms with Crippen molar-refractivity contribution in [3.8, 4) is 5.75 Å². The maximum Gasteiger partial charge on any atom is 0.408 e. The number of amides is 1. The molecule has 1 aliphatic rings. The van der Waals surface area contributed by atoms with E-state index in [2.05, 4.69) is 22.3 Å². The number of carbonyl (C=O) groups excluding carboxylic acids is 2. The fourth-order valence-corrected chi connectivity index (χ4v) is 3.89. The van der Waals surface area contributed by atoms with E-state index in [1.165, 1.54) is 12.7 Å². The lowest BCUT2D eigenvalue weighted by atomic mass is 10.0. The van der Waals surface area contributed by atoms with E-state index in [0.717, 1.165) is 35.5 Å². The highest BCUT2D eigenvalue weighted by molar-refractivity contribution is 5.81. The number of benzene rings is 3. The first-order valence-electron chi connectivity index (χ1n) is 11.2. The molecule has 0 saturated heterocycles. The number of rotatable bonds is 8. The Hall–Kier alpha value is -3.84. The molecule has 0 radical (unpaired) electrons. The van der Waals surface area contributed by atoms with Gasteiger partial charge in [-0.05, 0) is 22.8 Å². The van der Waals surface area contributed by atoms with Gasteiger partial charge in [0.15, 0.2) is 0 Å². The molecule has 0 fully saturated rings. The second-order valence-electron chi connectivity index (χ2n) is 8.17. The first kappa shape index (κ1) is 23.3. The fourth-order valence-electron chi connectivity index (χ4n) is 3.89. The van der Waals surface area contributed by atoms with E-state index in [4.69, 9.17) is 14.2 Å². The number of carbonyl (C=O) groups is 2. The summed E-state index contributed by atoms with van der Waals surface area (Å²) in [6.07, 6.45) is -0.395. The molecule has 0 spiro atoms. The predicted octanol–water partition coefficient (Wildman–Crippen LogP) is 4.05. The molecule has 1 N–H and O–H groups in total. The Morgan fingerprint density at radius 2 is 1.68 bits per heavy atom. The van der Waals surface area contributed by atoms with Gasteiger partial charge in [-0.1, -0.05) is 72.8 Å². The third kappa shape index (κ3) is 6.36. The van der Waals surface area contributed by atoms with Crippen molar-refractivity contribution >= 4 is 12.1 Å². The molecule has 0 aliphatic carbocycles. The van der Waals surface area contributed by atoms with Crippen molar-refractivity contribution < 1.29 is 23.8 Å². The minimum absolute atomic E-state index is 0.119. The Kier molecular flexibility index (Phi) is 7.78. The van der Waals surface area contributed by atoms with E-state index in [9.17, 15) is 9.59 Å². The third-order valence-electron chi connectivity index (χ3n) is 5.60. The largest absolute Gasteiger partial charge is 0.478 e. The molecule has 3 aromatic rings. The van der Waals surface area contributed by atoms with Gasteiger partial charge >= 0.3 is 12.1 Å². The van der Waals surface area contributed by atoms with Crippen molar-refractivity contribution in [2.75, 3.05) is 13.8 Å². The molecular weight excluding hydrogens is 432 g/mol. The van der Waals surface area contributed by atoms with Gasteiger partial charge < -0.3 is 19.5 Å². The van der Waals surface area contributed by atoms with Crippen LogP contribution in [0.5, 0.6) is 5.75 Å². The number of nitrogens with zero attached hydrogens (tertiary/aromatic N) is 1. The second-order valence-corrected chi connectivity index (χ2v) is 8.17. The zero-order valence-electron chi connectivity index (χ0n) is 19.1. The molecule has 1 atom stereocenters. The molecular formula is C27H28N2O5. The Balaban J connectivity index is 1.38. The quantitative estimate of drug-likeness (QED) is 0.511. The van der Waals surface area contributed by atoms with Crippen LogP contribution >= 0.6 is 0 Å². The molecule has 34 heavy (non-hydrogen) atoms. The normalized spacial score (nSPS) is 13.8. The summed E-state index contributed by atoms with van der Waals surface area (Å²) in [4.78, 5) is 26.9. The summed E-state index contributed by atoms with van der Waals surface area (Å²) < 4.78 is 16.1. The number of nitrogens with one attached hydrogen (secondary N) is 1. The standard InChI is InChI=1S/C27H28N2O5/c1-32-26(30)24(28-27(31)33-18-21-10-6-3-7-11-21)15-22-12-13-25-23(14-22)17-29(19-34-25)16-20-8-4-2-5-9-20/h2-14,24H,15-19H2,1H3,(H,28,31). The Morgan fingerprint density at radius 1 is 0.971 bits per heavy atom. The highest BCUT2D eigenvalue weighted by Crippen LogP contribution is 2.27. The van der Waals surface area contributed by atoms with E-state index in [-0.39, 0.29) is 13.0 Å². The van der Waals surface area contributed by atoms with Crippen LogP contribution in [0.25, 0.3) is 0 Å². The van der Waals surface area contributed by atoms with Crippen molar-refractivity contribution in [1.82, 2.24) is 10.2 Å². The number of methoxy groups -OCH3 is 1. The summed E-state index contributed by atoms with van der Waals surface area (Å²) >= 11 is 0. The van der Waals surface area contributed by atoms with Crippen LogP contribution in [0.2, 0.25) is 0 Å². The topological polar surface area (TPSA) is 77.1 Å². The Morgan fingerprint density at radius 3 is 2.38 bits per heavy atom. The SMILES string of the molecule is COC(=O)C(Cc1ccc2c(c1)CN(Cc1ccccc1)CO2)NC(=O)OCc1ccccc1. The Bertz CT molecular complexity index is 1100. The molecule has 0 aromatic heterocycles. The maximum atomic E-state index is 12.3. The van der Waals surface area contributed by atoms with Crippen molar-refractivity contribution in [3.05, 3.63) is 101 Å². The number of hydrogen-bond donors (Lipinski definition) is 1. The molecule has 1 heterocycles. The van der Waals surface area contributed by atoms with Crippen LogP contribution in [0.3, 0.4) is 0 Å². The minimum atomic E-state index is -0.865. The maximum absolute atomic E-state index is 12.3. The summed E-state index contributed by atoms with van der Waals surface area (Å²) in [6.45, 7) is 2.15. The van der Waals surface area contributed by atoms with E-state index >= 15 is 0 Å². The van der Waals surface area contributed by atoms with Gasteiger partial charge in [0.05, 0.1) is 7.11 Å². The van der Waals surface area contributed by atoms with Gasteiger partial charge in [-0.15, -0.1) is 0 Å². The van der Waals surface area contributed by atoms with E-state index in [1.54, 1.807) is 0 Å². The highest BCUT2D eigenvalue weighted by atomic mass is 16.6. The summed E-state index contributed by atoms with van der Waals surface area (Å²) in [5, 5.41) is 2.63. The number of esters is 1. The smallest absolute Gasteiger partial charge is 0.408 e. The first-order valence-corrected chi connectivity index (χ1v) is 11.2. The van der Waals surface area contributed by atoms with Gasteiger partial charge in [-0.25, -0.2) is 9.59 Å². The van der Waals surface area contributed by atoms with Gasteiger partial charge in [0, 0.05) is 25.1 Å². The van der Waals surface area contributed by atoms with Crippen LogP contribution in [0.1, 0.15) is 22.3 Å². The molecule has 1 amide bonds. The summed E-state index contributed by atoms with van der Waals surface area (Å²) in [5.74, 6) is 0.300. The minimum Gasteiger partial charge on any atom is -0.478 e. The predicted molar refractivity (Wildman–Crippen MR) is 127 cm³/mol. The average molecular weight is 461 g/mol. The monoisotopic (exact) mass is 460 g/mol. The van der Waals surface area contributed by atoms with Gasteiger partial charge in [-0.3, -0.25) is 4.90 Å². The molecule has 7 heteroatoms. The lowest BCUT2D eigenvalue weighted by Gasteiger charge is -2.29. The second kappa shape index (κ2) is 11.3. The van der Waals surface area contributed by atoms with Crippen molar-refractivity contribution in [1.29, 1.82) is 0 Å². The third-order valence-corrected chi connectivity index (χ3v) is 5.60. The summed E-state index contributed by atoms with van der Waals surface area (Å²) in [7, 11) is 1.30. The highest BCUT2D eigenvalue weighted by Gasteiger charge is 2.24. The molecule has 1 aliphatic heterocycles.